The normalized spacial score (nSPS) is 22.3. The zero-order chi connectivity index (χ0) is 34.0. The number of hydrogen-bond donors (Lipinski definition) is 2. The van der Waals surface area contributed by atoms with E-state index in [0.717, 1.165) is 16.7 Å². The summed E-state index contributed by atoms with van der Waals surface area (Å²) < 4.78 is 31.4. The molecule has 0 spiro atoms. The maximum absolute atomic E-state index is 12.9. The van der Waals surface area contributed by atoms with E-state index >= 15 is 0 Å². The van der Waals surface area contributed by atoms with Crippen LogP contribution < -0.4 is 14.8 Å². The van der Waals surface area contributed by atoms with Crippen LogP contribution in [0.2, 0.25) is 18.1 Å². The number of imide groups is 1. The van der Waals surface area contributed by atoms with Crippen LogP contribution in [0, 0.1) is 0 Å². The first-order valence-corrected chi connectivity index (χ1v) is 18.8. The third kappa shape index (κ3) is 6.95. The fourth-order valence-electron chi connectivity index (χ4n) is 5.88. The summed E-state index contributed by atoms with van der Waals surface area (Å²) in [6, 6.07) is 24.8. The molecule has 5 rings (SSSR count). The summed E-state index contributed by atoms with van der Waals surface area (Å²) in [5, 5.41) is 13.9. The number of benzene rings is 3. The molecule has 3 aromatic carbocycles. The van der Waals surface area contributed by atoms with Crippen molar-refractivity contribution < 1.29 is 38.1 Å². The number of urea groups is 1. The van der Waals surface area contributed by atoms with E-state index in [9.17, 15) is 14.7 Å². The topological polar surface area (TPSA) is 116 Å². The number of aliphatic hydroxyl groups is 1. The summed E-state index contributed by atoms with van der Waals surface area (Å²) in [6.45, 7) is 10.7. The smallest absolute Gasteiger partial charge is 0.326 e. The first-order chi connectivity index (χ1) is 22.3. The van der Waals surface area contributed by atoms with Crippen molar-refractivity contribution in [3.63, 3.8) is 0 Å². The Kier molecular flexibility index (Phi) is 10.1. The van der Waals surface area contributed by atoms with Crippen LogP contribution in [0.15, 0.2) is 78.9 Å². The van der Waals surface area contributed by atoms with Gasteiger partial charge in [0, 0.05) is 13.0 Å². The van der Waals surface area contributed by atoms with E-state index in [1.165, 1.54) is 4.90 Å². The largest absolute Gasteiger partial charge is 0.497 e. The van der Waals surface area contributed by atoms with Gasteiger partial charge >= 0.3 is 6.03 Å². The average Bonchev–Trinajstić information content (AvgIpc) is 3.35. The number of nitrogens with one attached hydrogen (secondary N) is 1. The zero-order valence-electron chi connectivity index (χ0n) is 28.2. The number of carbonyl (C=O) groups excluding carboxylic acids is 2. The molecule has 4 atom stereocenters. The predicted octanol–water partition coefficient (Wildman–Crippen LogP) is 5.43. The second-order valence-corrected chi connectivity index (χ2v) is 18.3. The molecule has 2 N–H and O–H groups in total. The quantitative estimate of drug-likeness (QED) is 0.206. The molecule has 0 radical (unpaired) electrons. The lowest BCUT2D eigenvalue weighted by molar-refractivity contribution is -0.127. The van der Waals surface area contributed by atoms with Crippen LogP contribution in [0.5, 0.6) is 11.5 Å². The monoisotopic (exact) mass is 662 g/mol. The number of ether oxygens (including phenoxy) is 4. The highest BCUT2D eigenvalue weighted by atomic mass is 28.4. The summed E-state index contributed by atoms with van der Waals surface area (Å²) in [5.41, 5.74) is 1.45. The Bertz CT molecular complexity index is 1480. The highest BCUT2D eigenvalue weighted by molar-refractivity contribution is 6.74. The van der Waals surface area contributed by atoms with Crippen LogP contribution in [0.25, 0.3) is 0 Å². The van der Waals surface area contributed by atoms with Crippen molar-refractivity contribution >= 4 is 20.3 Å². The van der Waals surface area contributed by atoms with Crippen LogP contribution in [-0.4, -0.2) is 82.2 Å². The molecule has 10 nitrogen and oxygen atoms in total. The van der Waals surface area contributed by atoms with Crippen molar-refractivity contribution in [2.75, 3.05) is 27.4 Å². The molecular formula is C36H46N2O8Si. The second kappa shape index (κ2) is 13.8. The van der Waals surface area contributed by atoms with Crippen molar-refractivity contribution in [1.82, 2.24) is 10.2 Å². The molecule has 2 aliphatic heterocycles. The fraction of sp³-hybridized carbons (Fsp3) is 0.444. The number of nitrogens with zero attached hydrogens (tertiary/aromatic N) is 1. The fourth-order valence-corrected chi connectivity index (χ4v) is 7.20. The van der Waals surface area contributed by atoms with Gasteiger partial charge in [-0.05, 0) is 59.1 Å². The molecular weight excluding hydrogens is 616 g/mol. The zero-order valence-corrected chi connectivity index (χ0v) is 29.2. The van der Waals surface area contributed by atoms with Gasteiger partial charge in [-0.1, -0.05) is 75.4 Å². The molecule has 0 bridgehead atoms. The van der Waals surface area contributed by atoms with E-state index in [1.54, 1.807) is 14.2 Å². The maximum atomic E-state index is 12.9. The molecule has 2 saturated heterocycles. The first-order valence-electron chi connectivity index (χ1n) is 15.9. The Morgan fingerprint density at radius 1 is 0.872 bits per heavy atom. The van der Waals surface area contributed by atoms with Crippen LogP contribution in [0.1, 0.15) is 43.9 Å². The third-order valence-electron chi connectivity index (χ3n) is 9.58. The number of rotatable bonds is 11. The number of amides is 3. The van der Waals surface area contributed by atoms with E-state index in [0.29, 0.717) is 11.5 Å². The van der Waals surface area contributed by atoms with Crippen molar-refractivity contribution in [2.45, 2.75) is 75.5 Å². The third-order valence-corrected chi connectivity index (χ3v) is 14.1. The molecule has 3 aromatic rings. The summed E-state index contributed by atoms with van der Waals surface area (Å²) in [6.07, 6.45) is -3.65. The minimum Gasteiger partial charge on any atom is -0.497 e. The van der Waals surface area contributed by atoms with Crippen LogP contribution in [0.4, 0.5) is 4.79 Å². The van der Waals surface area contributed by atoms with Gasteiger partial charge in [-0.25, -0.2) is 4.79 Å². The van der Waals surface area contributed by atoms with E-state index in [4.69, 9.17) is 23.4 Å². The van der Waals surface area contributed by atoms with Crippen LogP contribution in [-0.2, 0) is 24.3 Å². The highest BCUT2D eigenvalue weighted by Crippen LogP contribution is 2.44. The lowest BCUT2D eigenvalue weighted by Crippen LogP contribution is -2.57. The summed E-state index contributed by atoms with van der Waals surface area (Å²) in [5.74, 6) is 1.05. The van der Waals surface area contributed by atoms with Gasteiger partial charge in [-0.15, -0.1) is 0 Å². The standard InChI is InChI=1S/C36H46N2O8Si/c1-35(2,3)47(6,7)46-32-29(45-33(31(32)40)38-22-21-30(39)37-34(38)41)23-44-36(24-11-9-8-10-12-24,25-13-17-27(42-4)18-14-25)26-15-19-28(43-5)20-16-26/h8-20,29,31-33,40H,21-23H2,1-7H3,(H,37,39,41)/t29-,31-,32-,33-/m1/s1. The van der Waals surface area contributed by atoms with Gasteiger partial charge in [0.05, 0.1) is 20.8 Å². The molecule has 0 saturated carbocycles. The van der Waals surface area contributed by atoms with E-state index in [2.05, 4.69) is 39.2 Å². The SMILES string of the molecule is COc1ccc(C(OC[C@H]2O[C@@H](N3CCC(=O)NC3=O)[C@H](O)[C@@H]2O[Si](C)(C)C(C)(C)C)(c2ccccc2)c2ccc(OC)cc2)cc1. The lowest BCUT2D eigenvalue weighted by Gasteiger charge is -2.41. The molecule has 0 aromatic heterocycles. The Morgan fingerprint density at radius 2 is 1.40 bits per heavy atom. The number of methoxy groups -OCH3 is 2. The van der Waals surface area contributed by atoms with Crippen LogP contribution in [0.3, 0.4) is 0 Å². The summed E-state index contributed by atoms with van der Waals surface area (Å²) in [7, 11) is 0.804. The van der Waals surface area contributed by atoms with Crippen molar-refractivity contribution in [3.8, 4) is 11.5 Å². The predicted molar refractivity (Wildman–Crippen MR) is 180 cm³/mol. The number of hydrogen-bond acceptors (Lipinski definition) is 8. The van der Waals surface area contributed by atoms with Gasteiger partial charge in [0.15, 0.2) is 14.5 Å². The molecule has 2 heterocycles. The maximum Gasteiger partial charge on any atom is 0.326 e. The van der Waals surface area contributed by atoms with Crippen molar-refractivity contribution in [1.29, 1.82) is 0 Å². The van der Waals surface area contributed by atoms with E-state index in [1.807, 2.05) is 78.9 Å². The van der Waals surface area contributed by atoms with Gasteiger partial charge in [-0.3, -0.25) is 15.0 Å². The molecule has 2 aliphatic rings. The summed E-state index contributed by atoms with van der Waals surface area (Å²) >= 11 is 0. The van der Waals surface area contributed by atoms with E-state index in [-0.39, 0.29) is 30.5 Å². The highest BCUT2D eigenvalue weighted by Gasteiger charge is 2.53. The van der Waals surface area contributed by atoms with Gasteiger partial charge in [0.2, 0.25) is 5.91 Å². The van der Waals surface area contributed by atoms with Crippen LogP contribution >= 0.6 is 0 Å². The molecule has 2 fully saturated rings. The molecule has 11 heteroatoms. The molecule has 0 aliphatic carbocycles. The number of aliphatic hydroxyl groups excluding tert-OH is 1. The van der Waals surface area contributed by atoms with Gasteiger partial charge < -0.3 is 28.5 Å². The first kappa shape index (κ1) is 34.6. The van der Waals surface area contributed by atoms with Gasteiger partial charge in [0.25, 0.3) is 0 Å². The molecule has 0 unspecified atom stereocenters. The van der Waals surface area contributed by atoms with Gasteiger partial charge in [0.1, 0.15) is 35.4 Å². The Morgan fingerprint density at radius 3 is 1.89 bits per heavy atom. The Labute approximate surface area is 278 Å². The van der Waals surface area contributed by atoms with Gasteiger partial charge in [-0.2, -0.15) is 0 Å². The van der Waals surface area contributed by atoms with Crippen molar-refractivity contribution in [2.24, 2.45) is 0 Å². The average molecular weight is 663 g/mol. The lowest BCUT2D eigenvalue weighted by atomic mass is 9.80. The molecule has 252 valence electrons. The summed E-state index contributed by atoms with van der Waals surface area (Å²) in [4.78, 5) is 26.2. The molecule has 47 heavy (non-hydrogen) atoms. The Hall–Kier alpha value is -3.74. The number of carbonyl (C=O) groups is 2. The molecule has 3 amide bonds. The second-order valence-electron chi connectivity index (χ2n) is 13.5. The van der Waals surface area contributed by atoms with Crippen molar-refractivity contribution in [3.05, 3.63) is 95.6 Å². The minimum atomic E-state index is -2.44. The minimum absolute atomic E-state index is 0.00813. The Balaban J connectivity index is 1.58. The van der Waals surface area contributed by atoms with E-state index < -0.39 is 44.5 Å².